The molecule has 0 radical (unpaired) electrons. The molecule has 2 aromatic heterocycles. The van der Waals surface area contributed by atoms with Crippen molar-refractivity contribution in [2.45, 2.75) is 81.1 Å². The normalized spacial score (nSPS) is 30.4. The summed E-state index contributed by atoms with van der Waals surface area (Å²) in [7, 11) is 0. The van der Waals surface area contributed by atoms with Crippen LogP contribution in [0.25, 0.3) is 22.2 Å². The van der Waals surface area contributed by atoms with Crippen LogP contribution in [0.5, 0.6) is 11.8 Å². The molecule has 9 rings (SSSR count). The van der Waals surface area contributed by atoms with Crippen molar-refractivity contribution in [3.8, 4) is 23.0 Å². The van der Waals surface area contributed by atoms with E-state index in [1.54, 1.807) is 0 Å². The highest BCUT2D eigenvalue weighted by atomic mass is 19.1. The maximum atomic E-state index is 16.7. The van der Waals surface area contributed by atoms with E-state index in [1.807, 2.05) is 4.90 Å². The summed E-state index contributed by atoms with van der Waals surface area (Å²) in [6.07, 6.45) is 5.82. The fourth-order valence-electron chi connectivity index (χ4n) is 7.75. The number of phenols is 1. The number of pyridine rings is 1. The van der Waals surface area contributed by atoms with Crippen LogP contribution in [0.15, 0.2) is 18.3 Å². The molecule has 2 unspecified atom stereocenters. The van der Waals surface area contributed by atoms with E-state index in [9.17, 15) is 9.50 Å². The van der Waals surface area contributed by atoms with Gasteiger partial charge in [0.15, 0.2) is 5.82 Å². The molecule has 5 saturated heterocycles. The zero-order valence-electron chi connectivity index (χ0n) is 25.3. The molecule has 2 bridgehead atoms. The molecular formula is C31H35F3N6O2. The zero-order valence-corrected chi connectivity index (χ0v) is 23.3. The van der Waals surface area contributed by atoms with Crippen LogP contribution in [0.3, 0.4) is 0 Å². The minimum Gasteiger partial charge on any atom is -0.508 e. The van der Waals surface area contributed by atoms with Gasteiger partial charge in [-0.1, -0.05) is 6.42 Å². The zero-order chi connectivity index (χ0) is 30.4. The van der Waals surface area contributed by atoms with Crippen LogP contribution in [0.1, 0.15) is 65.6 Å². The van der Waals surface area contributed by atoms with Crippen LogP contribution in [0.4, 0.5) is 19.0 Å². The van der Waals surface area contributed by atoms with E-state index in [4.69, 9.17) is 7.48 Å². The van der Waals surface area contributed by atoms with Crippen molar-refractivity contribution in [2.75, 3.05) is 37.6 Å². The number of halogens is 3. The summed E-state index contributed by atoms with van der Waals surface area (Å²) in [4.78, 5) is 17.5. The third-order valence-electron chi connectivity index (χ3n) is 10.1. The Hall–Kier alpha value is -3.18. The Morgan fingerprint density at radius 3 is 2.76 bits per heavy atom. The first-order valence-corrected chi connectivity index (χ1v) is 15.1. The number of aromatic hydroxyl groups is 1. The van der Waals surface area contributed by atoms with Crippen molar-refractivity contribution < 1.29 is 25.8 Å². The largest absolute Gasteiger partial charge is 0.508 e. The highest BCUT2D eigenvalue weighted by Crippen LogP contribution is 2.45. The summed E-state index contributed by atoms with van der Waals surface area (Å²) in [5.74, 6) is -1.47. The number of phenolic OH excluding ortho intramolecular Hbond substituents is 1. The lowest BCUT2D eigenvalue weighted by Gasteiger charge is -2.46. The Morgan fingerprint density at radius 2 is 2.02 bits per heavy atom. The Morgan fingerprint density at radius 1 is 1.14 bits per heavy atom. The molecule has 0 amide bonds. The SMILES string of the molecule is [2H]C([2H])(Oc1nc(N2CC3CCC2CN3)c2cnc(-c3cc(O)cc(F)c3C3CCC3)c(F)c2n1)[C@@]12CCCN1C[C@H](F)C2. The molecule has 7 heterocycles. The van der Waals surface area contributed by atoms with Crippen LogP contribution in [0.2, 0.25) is 0 Å². The second-order valence-electron chi connectivity index (χ2n) is 12.6. The molecule has 1 aliphatic carbocycles. The maximum Gasteiger partial charge on any atom is 0.319 e. The van der Waals surface area contributed by atoms with Gasteiger partial charge in [0.25, 0.3) is 0 Å². The number of piperidine rings is 2. The van der Waals surface area contributed by atoms with Crippen LogP contribution in [0, 0.1) is 11.6 Å². The van der Waals surface area contributed by atoms with E-state index in [-0.39, 0.29) is 59.5 Å². The third-order valence-corrected chi connectivity index (χ3v) is 10.1. The first-order chi connectivity index (χ1) is 21.1. The topological polar surface area (TPSA) is 86.6 Å². The average molecular weight is 583 g/mol. The molecule has 4 atom stereocenters. The van der Waals surface area contributed by atoms with E-state index in [0.717, 1.165) is 51.1 Å². The molecule has 6 fully saturated rings. The van der Waals surface area contributed by atoms with Gasteiger partial charge in [-0.05, 0) is 57.1 Å². The predicted molar refractivity (Wildman–Crippen MR) is 152 cm³/mol. The smallest absolute Gasteiger partial charge is 0.319 e. The number of piperazine rings is 1. The fraction of sp³-hybridized carbons (Fsp3) is 0.581. The highest BCUT2D eigenvalue weighted by Gasteiger charge is 2.49. The monoisotopic (exact) mass is 582 g/mol. The van der Waals surface area contributed by atoms with E-state index in [1.165, 1.54) is 12.3 Å². The summed E-state index contributed by atoms with van der Waals surface area (Å²) >= 11 is 0. The van der Waals surface area contributed by atoms with Crippen molar-refractivity contribution in [1.82, 2.24) is 25.2 Å². The predicted octanol–water partition coefficient (Wildman–Crippen LogP) is 4.84. The van der Waals surface area contributed by atoms with Gasteiger partial charge in [-0.3, -0.25) is 9.88 Å². The van der Waals surface area contributed by atoms with Crippen molar-refractivity contribution in [2.24, 2.45) is 0 Å². The van der Waals surface area contributed by atoms with Crippen LogP contribution >= 0.6 is 0 Å². The standard InChI is InChI=1S/C31H35F3N6O2/c32-18-11-31(7-2-8-39(31)14-18)16-42-30-37-28-23(29(38-30)40-15-19-5-6-20(40)12-35-19)13-36-27(26(28)34)22-9-21(41)10-24(33)25(22)17-3-1-4-17/h9-10,13,17-20,35,41H,1-8,11-12,14-16H2/t18-,19?,20?,31+/m1/s1/i16D2. The van der Waals surface area contributed by atoms with Gasteiger partial charge < -0.3 is 20.1 Å². The van der Waals surface area contributed by atoms with Crippen molar-refractivity contribution in [1.29, 1.82) is 0 Å². The van der Waals surface area contributed by atoms with Gasteiger partial charge in [0.05, 0.1) is 13.7 Å². The van der Waals surface area contributed by atoms with E-state index in [2.05, 4.69) is 25.2 Å². The number of benzene rings is 1. The first-order valence-electron chi connectivity index (χ1n) is 16.1. The lowest BCUT2D eigenvalue weighted by atomic mass is 9.77. The van der Waals surface area contributed by atoms with E-state index < -0.39 is 29.9 Å². The van der Waals surface area contributed by atoms with Crippen molar-refractivity contribution in [3.63, 3.8) is 0 Å². The molecule has 0 spiro atoms. The van der Waals surface area contributed by atoms with Crippen molar-refractivity contribution in [3.05, 3.63) is 35.5 Å². The molecule has 42 heavy (non-hydrogen) atoms. The second-order valence-corrected chi connectivity index (χ2v) is 12.6. The van der Waals surface area contributed by atoms with Gasteiger partial charge in [0.1, 0.15) is 41.3 Å². The average Bonchev–Trinajstić information content (AvgIpc) is 3.52. The molecule has 222 valence electrons. The molecule has 2 N–H and O–H groups in total. The summed E-state index contributed by atoms with van der Waals surface area (Å²) in [6.45, 7) is -0.286. The van der Waals surface area contributed by atoms with Gasteiger partial charge in [-0.25, -0.2) is 13.2 Å². The number of aromatic nitrogens is 3. The third kappa shape index (κ3) is 4.22. The number of hydrogen-bond donors (Lipinski definition) is 2. The number of hydrogen-bond acceptors (Lipinski definition) is 8. The Labute approximate surface area is 245 Å². The molecule has 3 aromatic rings. The number of anilines is 1. The molecule has 11 heteroatoms. The van der Waals surface area contributed by atoms with Crippen LogP contribution < -0.4 is 15.0 Å². The molecule has 5 aliphatic heterocycles. The highest BCUT2D eigenvalue weighted by molar-refractivity contribution is 5.92. The van der Waals surface area contributed by atoms with Gasteiger partial charge in [-0.2, -0.15) is 9.97 Å². The molecular weight excluding hydrogens is 545 g/mol. The summed E-state index contributed by atoms with van der Waals surface area (Å²) in [5.41, 5.74) is -0.946. The quantitative estimate of drug-likeness (QED) is 0.427. The summed E-state index contributed by atoms with van der Waals surface area (Å²) < 4.78 is 70.5. The minimum atomic E-state index is -2.35. The molecule has 1 saturated carbocycles. The second kappa shape index (κ2) is 9.94. The van der Waals surface area contributed by atoms with Gasteiger partial charge in [-0.15, -0.1) is 0 Å². The lowest BCUT2D eigenvalue weighted by Crippen LogP contribution is -2.61. The van der Waals surface area contributed by atoms with Gasteiger partial charge >= 0.3 is 6.01 Å². The Kier molecular flexibility index (Phi) is 5.75. The maximum absolute atomic E-state index is 16.7. The molecule has 1 aromatic carbocycles. The number of alkyl halides is 1. The Balaban J connectivity index is 1.28. The van der Waals surface area contributed by atoms with Gasteiger partial charge in [0, 0.05) is 61.5 Å². The van der Waals surface area contributed by atoms with Crippen LogP contribution in [-0.4, -0.2) is 81.5 Å². The van der Waals surface area contributed by atoms with E-state index >= 15 is 8.78 Å². The molecule has 8 nitrogen and oxygen atoms in total. The summed E-state index contributed by atoms with van der Waals surface area (Å²) in [5, 5.41) is 14.1. The number of nitrogens with zero attached hydrogens (tertiary/aromatic N) is 5. The number of rotatable bonds is 6. The fourth-order valence-corrected chi connectivity index (χ4v) is 7.75. The van der Waals surface area contributed by atoms with E-state index in [0.29, 0.717) is 36.3 Å². The van der Waals surface area contributed by atoms with Crippen molar-refractivity contribution >= 4 is 16.7 Å². The van der Waals surface area contributed by atoms with Gasteiger partial charge in [0.2, 0.25) is 0 Å². The first kappa shape index (κ1) is 24.3. The lowest BCUT2D eigenvalue weighted by molar-refractivity contribution is 0.107. The van der Waals surface area contributed by atoms with Crippen LogP contribution in [-0.2, 0) is 0 Å². The number of fused-ring (bicyclic) bond motifs is 5. The number of nitrogens with one attached hydrogen (secondary N) is 1. The minimum absolute atomic E-state index is 0.00256. The molecule has 6 aliphatic rings. The Bertz CT molecular complexity index is 1640. The summed E-state index contributed by atoms with van der Waals surface area (Å²) in [6, 6.07) is 2.35. The number of ether oxygens (including phenoxy) is 1.